The fourth-order valence-electron chi connectivity index (χ4n) is 2.61. The molecular weight excluding hydrogens is 258 g/mol. The van der Waals surface area contributed by atoms with Crippen molar-refractivity contribution in [3.8, 4) is 0 Å². The van der Waals surface area contributed by atoms with Crippen molar-refractivity contribution < 1.29 is 9.90 Å². The SMILES string of the molecule is CN1NC(c2ccncc2)=CN1[C@@H]1CNC(C(=O)O)C1. The lowest BCUT2D eigenvalue weighted by Crippen LogP contribution is -2.45. The van der Waals surface area contributed by atoms with Crippen molar-refractivity contribution in [2.75, 3.05) is 13.6 Å². The Balaban J connectivity index is 1.75. The summed E-state index contributed by atoms with van der Waals surface area (Å²) in [6.07, 6.45) is 6.09. The summed E-state index contributed by atoms with van der Waals surface area (Å²) in [4.78, 5) is 15.0. The number of pyridine rings is 1. The maximum absolute atomic E-state index is 11.0. The summed E-state index contributed by atoms with van der Waals surface area (Å²) in [6, 6.07) is 3.53. The minimum Gasteiger partial charge on any atom is -0.480 e. The van der Waals surface area contributed by atoms with Crippen LogP contribution in [0, 0.1) is 0 Å². The zero-order valence-electron chi connectivity index (χ0n) is 11.2. The number of hydrogen-bond donors (Lipinski definition) is 3. The molecule has 7 nitrogen and oxygen atoms in total. The first kappa shape index (κ1) is 12.9. The molecule has 1 saturated heterocycles. The van der Waals surface area contributed by atoms with Gasteiger partial charge in [0.25, 0.3) is 0 Å². The van der Waals surface area contributed by atoms with E-state index in [-0.39, 0.29) is 6.04 Å². The molecule has 0 amide bonds. The Morgan fingerprint density at radius 2 is 2.20 bits per heavy atom. The highest BCUT2D eigenvalue weighted by atomic mass is 16.4. The highest BCUT2D eigenvalue weighted by Gasteiger charge is 2.35. The molecule has 2 aliphatic rings. The summed E-state index contributed by atoms with van der Waals surface area (Å²) < 4.78 is 0. The lowest BCUT2D eigenvalue weighted by atomic mass is 10.1. The van der Waals surface area contributed by atoms with E-state index in [1.165, 1.54) is 0 Å². The molecule has 0 aromatic carbocycles. The second-order valence-electron chi connectivity index (χ2n) is 4.98. The number of hydrazine groups is 2. The van der Waals surface area contributed by atoms with Crippen molar-refractivity contribution in [2.45, 2.75) is 18.5 Å². The van der Waals surface area contributed by atoms with Crippen LogP contribution in [0.25, 0.3) is 5.70 Å². The Morgan fingerprint density at radius 3 is 2.85 bits per heavy atom. The van der Waals surface area contributed by atoms with Gasteiger partial charge in [-0.15, -0.1) is 5.12 Å². The van der Waals surface area contributed by atoms with E-state index in [1.54, 1.807) is 12.4 Å². The molecule has 0 spiro atoms. The van der Waals surface area contributed by atoms with E-state index < -0.39 is 12.0 Å². The van der Waals surface area contributed by atoms with E-state index in [9.17, 15) is 4.79 Å². The number of rotatable bonds is 3. The Bertz CT molecular complexity index is 533. The van der Waals surface area contributed by atoms with Gasteiger partial charge in [0.05, 0.1) is 11.7 Å². The van der Waals surface area contributed by atoms with Crippen molar-refractivity contribution in [3.05, 3.63) is 36.3 Å². The lowest BCUT2D eigenvalue weighted by molar-refractivity contribution is -0.139. The van der Waals surface area contributed by atoms with Gasteiger partial charge in [0, 0.05) is 37.7 Å². The Morgan fingerprint density at radius 1 is 1.45 bits per heavy atom. The molecule has 0 saturated carbocycles. The van der Waals surface area contributed by atoms with Crippen LogP contribution >= 0.6 is 0 Å². The van der Waals surface area contributed by atoms with Gasteiger partial charge in [0.1, 0.15) is 6.04 Å². The Hall–Kier alpha value is -2.12. The molecule has 2 aliphatic heterocycles. The first-order chi connectivity index (χ1) is 9.65. The minimum absolute atomic E-state index is 0.132. The van der Waals surface area contributed by atoms with Gasteiger partial charge < -0.3 is 10.4 Å². The van der Waals surface area contributed by atoms with Crippen LogP contribution in [0.4, 0.5) is 0 Å². The minimum atomic E-state index is -0.791. The van der Waals surface area contributed by atoms with E-state index in [0.29, 0.717) is 13.0 Å². The molecular formula is C13H17N5O2. The molecule has 3 N–H and O–H groups in total. The molecule has 1 fully saturated rings. The van der Waals surface area contributed by atoms with E-state index in [1.807, 2.05) is 35.5 Å². The standard InChI is InChI=1S/C13H17N5O2/c1-17-16-12(9-2-4-14-5-3-9)8-18(17)10-6-11(13(19)20)15-7-10/h2-5,8,10-11,15-16H,6-7H2,1H3,(H,19,20)/t10-,11?/m0/s1. The van der Waals surface area contributed by atoms with Gasteiger partial charge in [-0.1, -0.05) is 0 Å². The fourth-order valence-corrected chi connectivity index (χ4v) is 2.61. The zero-order chi connectivity index (χ0) is 14.1. The van der Waals surface area contributed by atoms with E-state index >= 15 is 0 Å². The van der Waals surface area contributed by atoms with Crippen LogP contribution in [0.3, 0.4) is 0 Å². The van der Waals surface area contributed by atoms with E-state index in [4.69, 9.17) is 5.11 Å². The third-order valence-electron chi connectivity index (χ3n) is 3.66. The molecule has 0 radical (unpaired) electrons. The number of aromatic nitrogens is 1. The predicted octanol–water partition coefficient (Wildman–Crippen LogP) is -0.138. The van der Waals surface area contributed by atoms with Gasteiger partial charge >= 0.3 is 5.97 Å². The molecule has 1 aromatic heterocycles. The molecule has 2 atom stereocenters. The molecule has 1 unspecified atom stereocenters. The van der Waals surface area contributed by atoms with Crippen LogP contribution in [-0.4, -0.2) is 51.9 Å². The molecule has 1 aromatic rings. The van der Waals surface area contributed by atoms with Gasteiger partial charge in [-0.2, -0.15) is 0 Å². The topological polar surface area (TPSA) is 80.7 Å². The number of nitrogens with one attached hydrogen (secondary N) is 2. The third-order valence-corrected chi connectivity index (χ3v) is 3.66. The van der Waals surface area contributed by atoms with Crippen molar-refractivity contribution >= 4 is 11.7 Å². The molecule has 106 valence electrons. The highest BCUT2D eigenvalue weighted by Crippen LogP contribution is 2.23. The van der Waals surface area contributed by atoms with Gasteiger partial charge in [-0.05, 0) is 18.6 Å². The number of carboxylic acids is 1. The summed E-state index contributed by atoms with van der Waals surface area (Å²) in [6.45, 7) is 0.656. The maximum atomic E-state index is 11.0. The highest BCUT2D eigenvalue weighted by molar-refractivity contribution is 5.74. The average molecular weight is 275 g/mol. The van der Waals surface area contributed by atoms with Crippen LogP contribution in [0.2, 0.25) is 0 Å². The van der Waals surface area contributed by atoms with Crippen LogP contribution in [0.5, 0.6) is 0 Å². The molecule has 3 heterocycles. The number of hydrogen-bond acceptors (Lipinski definition) is 6. The van der Waals surface area contributed by atoms with Crippen molar-refractivity contribution in [2.24, 2.45) is 0 Å². The summed E-state index contributed by atoms with van der Waals surface area (Å²) in [5.74, 6) is -0.791. The first-order valence-corrected chi connectivity index (χ1v) is 6.52. The van der Waals surface area contributed by atoms with Crippen LogP contribution in [-0.2, 0) is 4.79 Å². The molecule has 0 bridgehead atoms. The third kappa shape index (κ3) is 2.33. The fraction of sp³-hybridized carbons (Fsp3) is 0.385. The van der Waals surface area contributed by atoms with Crippen LogP contribution < -0.4 is 10.7 Å². The normalized spacial score (nSPS) is 26.4. The van der Waals surface area contributed by atoms with Crippen molar-refractivity contribution in [1.82, 2.24) is 25.9 Å². The lowest BCUT2D eigenvalue weighted by Gasteiger charge is -2.29. The summed E-state index contributed by atoms with van der Waals surface area (Å²) in [5, 5.41) is 16.0. The monoisotopic (exact) mass is 275 g/mol. The Labute approximate surface area is 116 Å². The van der Waals surface area contributed by atoms with Crippen molar-refractivity contribution in [3.63, 3.8) is 0 Å². The average Bonchev–Trinajstić information content (AvgIpc) is 3.06. The van der Waals surface area contributed by atoms with Gasteiger partial charge in [-0.25, -0.2) is 0 Å². The summed E-state index contributed by atoms with van der Waals surface area (Å²) >= 11 is 0. The maximum Gasteiger partial charge on any atom is 0.320 e. The number of carboxylic acid groups (broad SMARTS) is 1. The van der Waals surface area contributed by atoms with Gasteiger partial charge in [0.15, 0.2) is 0 Å². The van der Waals surface area contributed by atoms with Gasteiger partial charge in [-0.3, -0.25) is 20.2 Å². The number of carbonyl (C=O) groups is 1. The second-order valence-corrected chi connectivity index (χ2v) is 4.98. The number of nitrogens with zero attached hydrogens (tertiary/aromatic N) is 3. The quantitative estimate of drug-likeness (QED) is 0.708. The summed E-state index contributed by atoms with van der Waals surface area (Å²) in [7, 11) is 1.92. The van der Waals surface area contributed by atoms with Crippen LogP contribution in [0.15, 0.2) is 30.7 Å². The predicted molar refractivity (Wildman–Crippen MR) is 72.8 cm³/mol. The molecule has 0 aliphatic carbocycles. The zero-order valence-corrected chi connectivity index (χ0v) is 11.2. The van der Waals surface area contributed by atoms with E-state index in [2.05, 4.69) is 15.7 Å². The first-order valence-electron chi connectivity index (χ1n) is 6.52. The van der Waals surface area contributed by atoms with E-state index in [0.717, 1.165) is 11.3 Å². The Kier molecular flexibility index (Phi) is 3.29. The molecule has 3 rings (SSSR count). The van der Waals surface area contributed by atoms with Crippen LogP contribution in [0.1, 0.15) is 12.0 Å². The molecule has 20 heavy (non-hydrogen) atoms. The van der Waals surface area contributed by atoms with Crippen molar-refractivity contribution in [1.29, 1.82) is 0 Å². The number of aliphatic carboxylic acids is 1. The van der Waals surface area contributed by atoms with Gasteiger partial charge in [0.2, 0.25) is 0 Å². The second kappa shape index (κ2) is 5.10. The largest absolute Gasteiger partial charge is 0.480 e. The smallest absolute Gasteiger partial charge is 0.320 e. The molecule has 7 heteroatoms. The summed E-state index contributed by atoms with van der Waals surface area (Å²) in [5.41, 5.74) is 5.29.